The largest absolute Gasteiger partial charge is 0.466 e. The number of hydrogen-bond acceptors (Lipinski definition) is 4. The highest BCUT2D eigenvalue weighted by Gasteiger charge is 2.51. The average Bonchev–Trinajstić information content (AvgIpc) is 2.43. The fraction of sp³-hybridized carbons (Fsp3) is 0.750. The van der Waals surface area contributed by atoms with Crippen molar-refractivity contribution in [3.8, 4) is 0 Å². The molecule has 0 aromatic carbocycles. The van der Waals surface area contributed by atoms with Gasteiger partial charge < -0.3 is 14.0 Å². The van der Waals surface area contributed by atoms with Gasteiger partial charge in [-0.2, -0.15) is 0 Å². The summed E-state index contributed by atoms with van der Waals surface area (Å²) in [4.78, 5) is 11.5. The number of esters is 1. The number of rotatable bonds is 3. The molecule has 5 heteroatoms. The Bertz CT molecular complexity index is 317. The molecule has 1 rings (SSSR count). The van der Waals surface area contributed by atoms with Gasteiger partial charge in [-0.3, -0.25) is 0 Å². The van der Waals surface area contributed by atoms with Crippen LogP contribution in [0, 0.1) is 0 Å². The fourth-order valence-corrected chi connectivity index (χ4v) is 1.68. The van der Waals surface area contributed by atoms with Gasteiger partial charge in [-0.05, 0) is 34.6 Å². The lowest BCUT2D eigenvalue weighted by Crippen LogP contribution is -2.41. The summed E-state index contributed by atoms with van der Waals surface area (Å²) >= 11 is 0. The monoisotopic (exact) mass is 240 g/mol. The van der Waals surface area contributed by atoms with Gasteiger partial charge in [0.05, 0.1) is 18.3 Å². The van der Waals surface area contributed by atoms with Crippen molar-refractivity contribution in [2.75, 3.05) is 7.11 Å². The first-order chi connectivity index (χ1) is 7.73. The summed E-state index contributed by atoms with van der Waals surface area (Å²) in [6, 6.07) is 0. The zero-order chi connectivity index (χ0) is 13.3. The van der Waals surface area contributed by atoms with Crippen LogP contribution in [0.5, 0.6) is 0 Å². The van der Waals surface area contributed by atoms with E-state index >= 15 is 0 Å². The van der Waals surface area contributed by atoms with E-state index in [1.165, 1.54) is 7.11 Å². The molecule has 0 aliphatic carbocycles. The molecule has 1 saturated heterocycles. The molecular weight excluding hydrogens is 219 g/mol. The summed E-state index contributed by atoms with van der Waals surface area (Å²) in [5, 5.41) is 0. The molecule has 17 heavy (non-hydrogen) atoms. The van der Waals surface area contributed by atoms with Crippen LogP contribution in [0.2, 0.25) is 6.32 Å². The van der Waals surface area contributed by atoms with E-state index in [1.54, 1.807) is 13.0 Å². The Hall–Kier alpha value is -0.805. The van der Waals surface area contributed by atoms with Crippen LogP contribution < -0.4 is 0 Å². The van der Waals surface area contributed by atoms with Gasteiger partial charge in [-0.25, -0.2) is 4.79 Å². The van der Waals surface area contributed by atoms with E-state index < -0.39 is 7.12 Å². The predicted molar refractivity (Wildman–Crippen MR) is 66.7 cm³/mol. The van der Waals surface area contributed by atoms with E-state index in [1.807, 2.05) is 27.7 Å². The first-order valence-electron chi connectivity index (χ1n) is 5.82. The fourth-order valence-electron chi connectivity index (χ4n) is 1.68. The van der Waals surface area contributed by atoms with E-state index in [0.717, 1.165) is 0 Å². The summed E-state index contributed by atoms with van der Waals surface area (Å²) in [6.45, 7) is 9.75. The van der Waals surface area contributed by atoms with E-state index in [0.29, 0.717) is 11.9 Å². The molecule has 0 bridgehead atoms. The Morgan fingerprint density at radius 2 is 1.71 bits per heavy atom. The Balaban J connectivity index is 2.71. The van der Waals surface area contributed by atoms with Crippen LogP contribution in [0.25, 0.3) is 0 Å². The second-order valence-corrected chi connectivity index (χ2v) is 5.20. The minimum absolute atomic E-state index is 0.331. The molecule has 0 N–H and O–H groups in total. The third kappa shape index (κ3) is 2.90. The van der Waals surface area contributed by atoms with Crippen molar-refractivity contribution in [3.63, 3.8) is 0 Å². The zero-order valence-electron chi connectivity index (χ0n) is 11.5. The molecule has 1 aliphatic rings. The molecule has 1 heterocycles. The van der Waals surface area contributed by atoms with Gasteiger partial charge in [-0.15, -0.1) is 0 Å². The topological polar surface area (TPSA) is 44.8 Å². The maximum absolute atomic E-state index is 11.5. The third-order valence-electron chi connectivity index (χ3n) is 3.48. The lowest BCUT2D eigenvalue weighted by atomic mass is 9.80. The number of carbonyl (C=O) groups is 1. The number of carbonyl (C=O) groups excluding carboxylic acids is 1. The molecule has 4 nitrogen and oxygen atoms in total. The Labute approximate surface area is 103 Å². The van der Waals surface area contributed by atoms with Crippen LogP contribution in [-0.2, 0) is 18.8 Å². The van der Waals surface area contributed by atoms with E-state index in [9.17, 15) is 4.79 Å². The number of allylic oxidation sites excluding steroid dienone is 1. The minimum atomic E-state index is -0.398. The van der Waals surface area contributed by atoms with Gasteiger partial charge >= 0.3 is 13.1 Å². The number of methoxy groups -OCH3 is 1. The minimum Gasteiger partial charge on any atom is -0.466 e. The lowest BCUT2D eigenvalue weighted by Gasteiger charge is -2.32. The SMILES string of the molecule is C/C=C(\CB1OC(C)(C)C(C)(C)O1)C(=O)OC. The lowest BCUT2D eigenvalue weighted by molar-refractivity contribution is -0.136. The second kappa shape index (κ2) is 4.82. The summed E-state index contributed by atoms with van der Waals surface area (Å²) < 4.78 is 16.3. The van der Waals surface area contributed by atoms with Crippen LogP contribution >= 0.6 is 0 Å². The van der Waals surface area contributed by atoms with Gasteiger partial charge in [0, 0.05) is 11.9 Å². The Kier molecular flexibility index (Phi) is 4.04. The highest BCUT2D eigenvalue weighted by molar-refractivity contribution is 6.47. The van der Waals surface area contributed by atoms with Crippen LogP contribution in [0.1, 0.15) is 34.6 Å². The van der Waals surface area contributed by atoms with Gasteiger partial charge in [0.25, 0.3) is 0 Å². The summed E-state index contributed by atoms with van der Waals surface area (Å²) in [5.41, 5.74) is -0.162. The molecule has 0 unspecified atom stereocenters. The molecule has 0 aromatic heterocycles. The van der Waals surface area contributed by atoms with Crippen LogP contribution in [0.15, 0.2) is 11.6 Å². The molecular formula is C12H21BO4. The zero-order valence-corrected chi connectivity index (χ0v) is 11.5. The summed E-state index contributed by atoms with van der Waals surface area (Å²) in [7, 11) is 0.973. The van der Waals surface area contributed by atoms with Gasteiger partial charge in [-0.1, -0.05) is 6.08 Å². The molecule has 0 atom stereocenters. The molecule has 0 spiro atoms. The third-order valence-corrected chi connectivity index (χ3v) is 3.48. The molecule has 96 valence electrons. The Morgan fingerprint density at radius 1 is 1.24 bits per heavy atom. The molecule has 0 saturated carbocycles. The molecule has 0 radical (unpaired) electrons. The van der Waals surface area contributed by atoms with Crippen molar-refractivity contribution in [1.29, 1.82) is 0 Å². The smallest absolute Gasteiger partial charge is 0.462 e. The predicted octanol–water partition coefficient (Wildman–Crippen LogP) is 2.20. The maximum atomic E-state index is 11.5. The van der Waals surface area contributed by atoms with Crippen molar-refractivity contribution in [1.82, 2.24) is 0 Å². The van der Waals surface area contributed by atoms with Crippen LogP contribution in [-0.4, -0.2) is 31.4 Å². The van der Waals surface area contributed by atoms with E-state index in [-0.39, 0.29) is 17.2 Å². The quantitative estimate of drug-likeness (QED) is 0.431. The standard InChI is InChI=1S/C12H21BO4/c1-7-9(10(14)15-6)8-13-16-11(2,3)12(4,5)17-13/h7H,8H2,1-6H3/b9-7+. The first kappa shape index (κ1) is 14.3. The van der Waals surface area contributed by atoms with Gasteiger partial charge in [0.2, 0.25) is 0 Å². The molecule has 0 aromatic rings. The normalized spacial score (nSPS) is 22.7. The first-order valence-corrected chi connectivity index (χ1v) is 5.82. The van der Waals surface area contributed by atoms with Crippen molar-refractivity contribution in [2.24, 2.45) is 0 Å². The van der Waals surface area contributed by atoms with Crippen LogP contribution in [0.4, 0.5) is 0 Å². The highest BCUT2D eigenvalue weighted by Crippen LogP contribution is 2.38. The highest BCUT2D eigenvalue weighted by atomic mass is 16.7. The molecule has 1 fully saturated rings. The van der Waals surface area contributed by atoms with Gasteiger partial charge in [0.15, 0.2) is 0 Å². The second-order valence-electron chi connectivity index (χ2n) is 5.20. The van der Waals surface area contributed by atoms with E-state index in [4.69, 9.17) is 14.0 Å². The average molecular weight is 240 g/mol. The number of ether oxygens (including phenoxy) is 1. The van der Waals surface area contributed by atoms with Crippen molar-refractivity contribution < 1.29 is 18.8 Å². The maximum Gasteiger partial charge on any atom is 0.462 e. The number of hydrogen-bond donors (Lipinski definition) is 0. The summed E-state index contributed by atoms with van der Waals surface area (Å²) in [6.07, 6.45) is 2.15. The Morgan fingerprint density at radius 3 is 2.06 bits per heavy atom. The molecule has 1 aliphatic heterocycles. The van der Waals surface area contributed by atoms with Crippen molar-refractivity contribution in [2.45, 2.75) is 52.1 Å². The van der Waals surface area contributed by atoms with Crippen molar-refractivity contribution in [3.05, 3.63) is 11.6 Å². The van der Waals surface area contributed by atoms with E-state index in [2.05, 4.69) is 0 Å². The van der Waals surface area contributed by atoms with Gasteiger partial charge in [0.1, 0.15) is 0 Å². The molecule has 0 amide bonds. The van der Waals surface area contributed by atoms with Crippen molar-refractivity contribution >= 4 is 13.1 Å². The van der Waals surface area contributed by atoms with Crippen LogP contribution in [0.3, 0.4) is 0 Å². The summed E-state index contributed by atoms with van der Waals surface area (Å²) in [5.74, 6) is -0.331.